The fourth-order valence-corrected chi connectivity index (χ4v) is 4.04. The van der Waals surface area contributed by atoms with E-state index in [-0.39, 0.29) is 44.9 Å². The lowest BCUT2D eigenvalue weighted by atomic mass is 9.79. The van der Waals surface area contributed by atoms with E-state index in [1.54, 1.807) is 51.1 Å². The van der Waals surface area contributed by atoms with Crippen LogP contribution >= 0.6 is 0 Å². The summed E-state index contributed by atoms with van der Waals surface area (Å²) < 4.78 is 10.4. The second-order valence-electron chi connectivity index (χ2n) is 8.59. The zero-order chi connectivity index (χ0) is 28.0. The fourth-order valence-electron chi connectivity index (χ4n) is 4.04. The first kappa shape index (κ1) is 27.5. The number of ketones is 1. The molecule has 0 amide bonds. The highest BCUT2D eigenvalue weighted by atomic mass is 16.6. The van der Waals surface area contributed by atoms with Crippen LogP contribution in [0.5, 0.6) is 0 Å². The molecule has 1 unspecified atom stereocenters. The van der Waals surface area contributed by atoms with Gasteiger partial charge in [-0.25, -0.2) is 9.59 Å². The Balaban J connectivity index is 2.31. The van der Waals surface area contributed by atoms with Crippen LogP contribution in [0.15, 0.2) is 88.8 Å². The van der Waals surface area contributed by atoms with Crippen molar-refractivity contribution in [2.24, 2.45) is 0 Å². The average molecular weight is 516 g/mol. The highest BCUT2D eigenvalue weighted by Crippen LogP contribution is 2.41. The second-order valence-corrected chi connectivity index (χ2v) is 8.59. The smallest absolute Gasteiger partial charge is 0.337 e. The Morgan fingerprint density at radius 1 is 1.08 bits per heavy atom. The normalized spacial score (nSPS) is 15.5. The third kappa shape index (κ3) is 5.84. The number of ether oxygens (including phenoxy) is 2. The van der Waals surface area contributed by atoms with Gasteiger partial charge in [-0.3, -0.25) is 14.9 Å². The number of methoxy groups -OCH3 is 1. The molecule has 0 aliphatic carbocycles. The number of hydrogen-bond acceptors (Lipinski definition) is 9. The number of esters is 2. The highest BCUT2D eigenvalue weighted by Gasteiger charge is 2.39. The predicted octanol–water partition coefficient (Wildman–Crippen LogP) is 4.27. The van der Waals surface area contributed by atoms with Gasteiger partial charge in [0, 0.05) is 23.4 Å². The van der Waals surface area contributed by atoms with Crippen molar-refractivity contribution in [1.29, 1.82) is 5.26 Å². The Bertz CT molecular complexity index is 1430. The van der Waals surface area contributed by atoms with Crippen molar-refractivity contribution in [2.75, 3.05) is 7.11 Å². The number of carbonyl (C=O) groups excluding carboxylic acids is 3. The van der Waals surface area contributed by atoms with Crippen molar-refractivity contribution in [1.82, 2.24) is 5.32 Å². The number of nitriles is 1. The third-order valence-corrected chi connectivity index (χ3v) is 5.67. The monoisotopic (exact) mass is 515 g/mol. The summed E-state index contributed by atoms with van der Waals surface area (Å²) >= 11 is 0. The molecule has 0 spiro atoms. The van der Waals surface area contributed by atoms with E-state index >= 15 is 0 Å². The molecule has 0 radical (unpaired) electrons. The van der Waals surface area contributed by atoms with Gasteiger partial charge in [-0.1, -0.05) is 42.5 Å². The molecule has 0 saturated heterocycles. The first-order chi connectivity index (χ1) is 18.1. The van der Waals surface area contributed by atoms with Gasteiger partial charge in [0.2, 0.25) is 5.78 Å². The molecular weight excluding hydrogens is 490 g/mol. The van der Waals surface area contributed by atoms with E-state index in [4.69, 9.17) is 9.47 Å². The molecule has 0 fully saturated rings. The van der Waals surface area contributed by atoms with Gasteiger partial charge in [0.15, 0.2) is 0 Å². The van der Waals surface area contributed by atoms with Crippen LogP contribution in [-0.4, -0.2) is 35.9 Å². The number of dihydropyridines is 1. The van der Waals surface area contributed by atoms with Crippen LogP contribution in [0.25, 0.3) is 0 Å². The van der Waals surface area contributed by atoms with Crippen LogP contribution in [-0.2, 0) is 19.1 Å². The van der Waals surface area contributed by atoms with E-state index < -0.39 is 34.7 Å². The molecule has 38 heavy (non-hydrogen) atoms. The molecular formula is C28H25N3O7. The predicted molar refractivity (Wildman–Crippen MR) is 136 cm³/mol. The number of rotatable bonds is 8. The van der Waals surface area contributed by atoms with Crippen molar-refractivity contribution < 1.29 is 28.8 Å². The van der Waals surface area contributed by atoms with Gasteiger partial charge >= 0.3 is 11.9 Å². The molecule has 0 aromatic heterocycles. The van der Waals surface area contributed by atoms with Gasteiger partial charge in [-0.15, -0.1) is 0 Å². The summed E-state index contributed by atoms with van der Waals surface area (Å²) in [5.41, 5.74) is 0.193. The summed E-state index contributed by atoms with van der Waals surface area (Å²) in [5.74, 6) is -3.35. The van der Waals surface area contributed by atoms with Crippen molar-refractivity contribution in [3.8, 4) is 6.07 Å². The summed E-state index contributed by atoms with van der Waals surface area (Å²) in [5, 5.41) is 24.2. The van der Waals surface area contributed by atoms with Crippen molar-refractivity contribution in [3.05, 3.63) is 110 Å². The summed E-state index contributed by atoms with van der Waals surface area (Å²) in [6.45, 7) is 4.88. The van der Waals surface area contributed by atoms with Gasteiger partial charge in [0.05, 0.1) is 40.9 Å². The van der Waals surface area contributed by atoms with Crippen molar-refractivity contribution in [3.63, 3.8) is 0 Å². The minimum Gasteiger partial charge on any atom is -0.466 e. The van der Waals surface area contributed by atoms with Crippen LogP contribution in [0.3, 0.4) is 0 Å². The quantitative estimate of drug-likeness (QED) is 0.136. The highest BCUT2D eigenvalue weighted by molar-refractivity contribution is 6.12. The average Bonchev–Trinajstić information content (AvgIpc) is 2.90. The molecule has 2 aromatic carbocycles. The third-order valence-electron chi connectivity index (χ3n) is 5.67. The number of nitro groups is 1. The SMILES string of the molecule is COC(=O)C1=C(/C=C(\C#N)C(=O)c2ccccc2)NC(C)=C(C(=O)OC(C)C)C1c1cccc([N+](=O)[O-])c1. The van der Waals surface area contributed by atoms with Crippen LogP contribution in [0.1, 0.15) is 42.6 Å². The Hall–Kier alpha value is -5.04. The molecule has 1 aliphatic heterocycles. The van der Waals surface area contributed by atoms with Gasteiger partial charge in [-0.2, -0.15) is 5.26 Å². The van der Waals surface area contributed by atoms with Crippen LogP contribution in [0.4, 0.5) is 5.69 Å². The van der Waals surface area contributed by atoms with Gasteiger partial charge in [0.1, 0.15) is 11.6 Å². The topological polar surface area (TPSA) is 149 Å². The minimum absolute atomic E-state index is 0.0321. The molecule has 2 aromatic rings. The van der Waals surface area contributed by atoms with Crippen LogP contribution in [0.2, 0.25) is 0 Å². The van der Waals surface area contributed by atoms with Crippen molar-refractivity contribution >= 4 is 23.4 Å². The Kier molecular flexibility index (Phi) is 8.55. The van der Waals surface area contributed by atoms with E-state index in [1.807, 2.05) is 6.07 Å². The van der Waals surface area contributed by atoms with Crippen LogP contribution in [0, 0.1) is 21.4 Å². The van der Waals surface area contributed by atoms with E-state index in [0.717, 1.165) is 7.11 Å². The van der Waals surface area contributed by atoms with E-state index in [9.17, 15) is 29.8 Å². The maximum absolute atomic E-state index is 13.2. The lowest BCUT2D eigenvalue weighted by Gasteiger charge is -2.30. The van der Waals surface area contributed by atoms with E-state index in [0.29, 0.717) is 0 Å². The number of nitrogens with one attached hydrogen (secondary N) is 1. The summed E-state index contributed by atoms with van der Waals surface area (Å²) in [6, 6.07) is 15.5. The second kappa shape index (κ2) is 11.8. The molecule has 0 bridgehead atoms. The Labute approximate surface area is 219 Å². The number of nitro benzene ring substituents is 1. The largest absolute Gasteiger partial charge is 0.466 e. The molecule has 194 valence electrons. The summed E-state index contributed by atoms with van der Waals surface area (Å²) in [6.07, 6.45) is 0.717. The van der Waals surface area contributed by atoms with E-state index in [1.165, 1.54) is 30.3 Å². The molecule has 10 heteroatoms. The zero-order valence-electron chi connectivity index (χ0n) is 21.2. The molecule has 1 N–H and O–H groups in total. The first-order valence-electron chi connectivity index (χ1n) is 11.6. The number of non-ortho nitro benzene ring substituents is 1. The lowest BCUT2D eigenvalue weighted by molar-refractivity contribution is -0.384. The zero-order valence-corrected chi connectivity index (χ0v) is 21.2. The fraction of sp³-hybridized carbons (Fsp3) is 0.214. The lowest BCUT2D eigenvalue weighted by Crippen LogP contribution is -2.33. The van der Waals surface area contributed by atoms with Crippen molar-refractivity contribution in [2.45, 2.75) is 32.8 Å². The Morgan fingerprint density at radius 3 is 2.34 bits per heavy atom. The van der Waals surface area contributed by atoms with Gasteiger partial charge < -0.3 is 14.8 Å². The standard InChI is InChI=1S/C28H25N3O7/c1-16(2)38-28(34)23-17(3)30-22(14-20(15-29)26(32)18-9-6-5-7-10-18)25(27(33)37-4)24(23)19-11-8-12-21(13-19)31(35)36/h5-14,16,24,30H,1-4H3/b20-14+. The van der Waals surface area contributed by atoms with Crippen LogP contribution < -0.4 is 5.32 Å². The molecule has 10 nitrogen and oxygen atoms in total. The number of hydrogen-bond donors (Lipinski definition) is 1. The minimum atomic E-state index is -1.16. The van der Waals surface area contributed by atoms with Gasteiger partial charge in [0.25, 0.3) is 5.69 Å². The number of carbonyl (C=O) groups is 3. The maximum Gasteiger partial charge on any atom is 0.337 e. The molecule has 1 atom stereocenters. The van der Waals surface area contributed by atoms with E-state index in [2.05, 4.69) is 5.32 Å². The number of Topliss-reactive ketones (excluding diaryl/α,β-unsaturated/α-hetero) is 1. The summed E-state index contributed by atoms with van der Waals surface area (Å²) in [4.78, 5) is 50.3. The number of benzene rings is 2. The molecule has 1 aliphatic rings. The molecule has 3 rings (SSSR count). The summed E-state index contributed by atoms with van der Waals surface area (Å²) in [7, 11) is 1.14. The first-order valence-corrected chi connectivity index (χ1v) is 11.6. The van der Waals surface area contributed by atoms with Gasteiger partial charge in [-0.05, 0) is 32.4 Å². The number of nitrogens with zero attached hydrogens (tertiary/aromatic N) is 2. The molecule has 0 saturated carbocycles. The maximum atomic E-state index is 13.2. The molecule has 1 heterocycles. The Morgan fingerprint density at radius 2 is 1.76 bits per heavy atom. The number of allylic oxidation sites excluding steroid dienone is 3.